The molecule has 0 spiro atoms. The van der Waals surface area contributed by atoms with Crippen molar-refractivity contribution in [3.05, 3.63) is 44.9 Å². The van der Waals surface area contributed by atoms with Gasteiger partial charge in [-0.1, -0.05) is 0 Å². The maximum absolute atomic E-state index is 12.2. The zero-order valence-electron chi connectivity index (χ0n) is 13.1. The molecule has 0 amide bonds. The van der Waals surface area contributed by atoms with Crippen LogP contribution in [0.5, 0.6) is 0 Å². The molecule has 0 aliphatic carbocycles. The third-order valence-corrected chi connectivity index (χ3v) is 4.41. The number of nitriles is 1. The van der Waals surface area contributed by atoms with Crippen LogP contribution >= 0.6 is 0 Å². The molecule has 0 unspecified atom stereocenters. The van der Waals surface area contributed by atoms with E-state index in [1.807, 2.05) is 27.9 Å². The first-order valence-corrected chi connectivity index (χ1v) is 7.48. The zero-order chi connectivity index (χ0) is 16.6. The molecule has 120 valence electrons. The first-order valence-electron chi connectivity index (χ1n) is 7.48. The molecule has 2 aromatic rings. The lowest BCUT2D eigenvalue weighted by Gasteiger charge is -2.34. The van der Waals surface area contributed by atoms with E-state index in [4.69, 9.17) is 0 Å². The molecule has 0 aromatic carbocycles. The van der Waals surface area contributed by atoms with E-state index in [0.717, 1.165) is 17.4 Å². The first kappa shape index (κ1) is 15.1. The van der Waals surface area contributed by atoms with Crippen LogP contribution in [0, 0.1) is 11.3 Å². The van der Waals surface area contributed by atoms with E-state index < -0.39 is 11.2 Å². The highest BCUT2D eigenvalue weighted by Gasteiger charge is 2.26. The lowest BCUT2D eigenvalue weighted by atomic mass is 10.0. The van der Waals surface area contributed by atoms with Gasteiger partial charge in [0.05, 0.1) is 6.04 Å². The SMILES string of the molecule is Cn1c(N2CCC(n3cccn3)CC2)c(C#N)c(=O)n(C)c1=O. The fourth-order valence-corrected chi connectivity index (χ4v) is 3.14. The smallest absolute Gasteiger partial charge is 0.332 e. The van der Waals surface area contributed by atoms with Gasteiger partial charge < -0.3 is 4.90 Å². The summed E-state index contributed by atoms with van der Waals surface area (Å²) in [6.07, 6.45) is 5.38. The number of piperidine rings is 1. The van der Waals surface area contributed by atoms with E-state index >= 15 is 0 Å². The van der Waals surface area contributed by atoms with Crippen LogP contribution in [0.15, 0.2) is 28.0 Å². The number of hydrogen-bond acceptors (Lipinski definition) is 5. The molecule has 8 heteroatoms. The van der Waals surface area contributed by atoms with Crippen molar-refractivity contribution in [2.75, 3.05) is 18.0 Å². The highest BCUT2D eigenvalue weighted by molar-refractivity contribution is 5.53. The topological polar surface area (TPSA) is 88.8 Å². The van der Waals surface area contributed by atoms with Crippen LogP contribution < -0.4 is 16.1 Å². The van der Waals surface area contributed by atoms with Gasteiger partial charge in [0.25, 0.3) is 5.56 Å². The molecule has 0 N–H and O–H groups in total. The standard InChI is InChI=1S/C15H18N6O2/c1-18-13(12(10-16)14(22)19(2)15(18)23)20-8-4-11(5-9-20)21-7-3-6-17-21/h3,6-7,11H,4-5,8-9H2,1-2H3. The van der Waals surface area contributed by atoms with Gasteiger partial charge in [-0.2, -0.15) is 10.4 Å². The molecule has 0 radical (unpaired) electrons. The van der Waals surface area contributed by atoms with Gasteiger partial charge in [0.15, 0.2) is 5.56 Å². The Morgan fingerprint density at radius 3 is 2.48 bits per heavy atom. The molecule has 1 saturated heterocycles. The first-order chi connectivity index (χ1) is 11.0. The van der Waals surface area contributed by atoms with Crippen molar-refractivity contribution in [1.82, 2.24) is 18.9 Å². The molecule has 1 aliphatic rings. The molecule has 0 saturated carbocycles. The van der Waals surface area contributed by atoms with Crippen LogP contribution in [-0.2, 0) is 14.1 Å². The Morgan fingerprint density at radius 2 is 1.91 bits per heavy atom. The highest BCUT2D eigenvalue weighted by Crippen LogP contribution is 2.26. The monoisotopic (exact) mass is 314 g/mol. The summed E-state index contributed by atoms with van der Waals surface area (Å²) in [6, 6.07) is 4.15. The summed E-state index contributed by atoms with van der Waals surface area (Å²) < 4.78 is 4.29. The van der Waals surface area contributed by atoms with Gasteiger partial charge in [-0.05, 0) is 18.9 Å². The fourth-order valence-electron chi connectivity index (χ4n) is 3.14. The summed E-state index contributed by atoms with van der Waals surface area (Å²) in [7, 11) is 2.98. The third-order valence-electron chi connectivity index (χ3n) is 4.41. The average Bonchev–Trinajstić information content (AvgIpc) is 3.11. The van der Waals surface area contributed by atoms with E-state index in [1.165, 1.54) is 11.6 Å². The lowest BCUT2D eigenvalue weighted by molar-refractivity contribution is 0.364. The van der Waals surface area contributed by atoms with Crippen LogP contribution in [0.25, 0.3) is 0 Å². The lowest BCUT2D eigenvalue weighted by Crippen LogP contribution is -2.44. The second-order valence-corrected chi connectivity index (χ2v) is 5.72. The molecule has 8 nitrogen and oxygen atoms in total. The Kier molecular flexibility index (Phi) is 3.78. The third kappa shape index (κ3) is 2.44. The van der Waals surface area contributed by atoms with Gasteiger partial charge in [0.2, 0.25) is 0 Å². The summed E-state index contributed by atoms with van der Waals surface area (Å²) >= 11 is 0. The summed E-state index contributed by atoms with van der Waals surface area (Å²) in [5.74, 6) is 0.416. The zero-order valence-corrected chi connectivity index (χ0v) is 13.1. The molecule has 1 aliphatic heterocycles. The largest absolute Gasteiger partial charge is 0.356 e. The van der Waals surface area contributed by atoms with Gasteiger partial charge in [0.1, 0.15) is 11.9 Å². The van der Waals surface area contributed by atoms with Crippen molar-refractivity contribution in [3.8, 4) is 6.07 Å². The highest BCUT2D eigenvalue weighted by atomic mass is 16.2. The van der Waals surface area contributed by atoms with E-state index in [2.05, 4.69) is 5.10 Å². The molecule has 23 heavy (non-hydrogen) atoms. The summed E-state index contributed by atoms with van der Waals surface area (Å²) in [4.78, 5) is 26.3. The van der Waals surface area contributed by atoms with Crippen molar-refractivity contribution in [1.29, 1.82) is 5.26 Å². The number of anilines is 1. The second-order valence-electron chi connectivity index (χ2n) is 5.72. The predicted molar refractivity (Wildman–Crippen MR) is 84.4 cm³/mol. The molecule has 3 heterocycles. The van der Waals surface area contributed by atoms with E-state index in [9.17, 15) is 14.9 Å². The minimum Gasteiger partial charge on any atom is -0.356 e. The second kappa shape index (κ2) is 5.76. The quantitative estimate of drug-likeness (QED) is 0.778. The molecule has 0 atom stereocenters. The van der Waals surface area contributed by atoms with Crippen LogP contribution in [0.2, 0.25) is 0 Å². The average molecular weight is 314 g/mol. The van der Waals surface area contributed by atoms with E-state index in [0.29, 0.717) is 24.9 Å². The minimum absolute atomic E-state index is 0.0205. The van der Waals surface area contributed by atoms with Crippen LogP contribution in [0.3, 0.4) is 0 Å². The van der Waals surface area contributed by atoms with Crippen LogP contribution in [-0.4, -0.2) is 32.0 Å². The number of aromatic nitrogens is 4. The minimum atomic E-state index is -0.542. The van der Waals surface area contributed by atoms with Gasteiger partial charge in [-0.3, -0.25) is 18.6 Å². The molecule has 2 aromatic heterocycles. The van der Waals surface area contributed by atoms with Crippen molar-refractivity contribution in [3.63, 3.8) is 0 Å². The van der Waals surface area contributed by atoms with Gasteiger partial charge in [-0.15, -0.1) is 0 Å². The normalized spacial score (nSPS) is 15.6. The maximum atomic E-state index is 12.2. The van der Waals surface area contributed by atoms with Gasteiger partial charge >= 0.3 is 5.69 Å². The Bertz CT molecular complexity index is 863. The molecule has 1 fully saturated rings. The molecular formula is C15H18N6O2. The maximum Gasteiger partial charge on any atom is 0.332 e. The summed E-state index contributed by atoms with van der Waals surface area (Å²) in [5, 5.41) is 13.6. The summed E-state index contributed by atoms with van der Waals surface area (Å²) in [5.41, 5.74) is -0.940. The Hall–Kier alpha value is -2.82. The molecule has 3 rings (SSSR count). The fraction of sp³-hybridized carbons (Fsp3) is 0.467. The number of rotatable bonds is 2. The van der Waals surface area contributed by atoms with Gasteiger partial charge in [0, 0.05) is 39.6 Å². The summed E-state index contributed by atoms with van der Waals surface area (Å²) in [6.45, 7) is 1.33. The Labute approximate surface area is 132 Å². The number of hydrogen-bond donors (Lipinski definition) is 0. The molecule has 0 bridgehead atoms. The van der Waals surface area contributed by atoms with Crippen LogP contribution in [0.1, 0.15) is 24.4 Å². The van der Waals surface area contributed by atoms with Crippen LogP contribution in [0.4, 0.5) is 5.82 Å². The van der Waals surface area contributed by atoms with Crippen molar-refractivity contribution >= 4 is 5.82 Å². The van der Waals surface area contributed by atoms with Crippen molar-refractivity contribution in [2.45, 2.75) is 18.9 Å². The van der Waals surface area contributed by atoms with Gasteiger partial charge in [-0.25, -0.2) is 4.79 Å². The van der Waals surface area contributed by atoms with E-state index in [-0.39, 0.29) is 5.56 Å². The number of nitrogens with zero attached hydrogens (tertiary/aromatic N) is 6. The van der Waals surface area contributed by atoms with Crippen molar-refractivity contribution in [2.24, 2.45) is 14.1 Å². The predicted octanol–water partition coefficient (Wildman–Crippen LogP) is -0.00632. The van der Waals surface area contributed by atoms with Crippen molar-refractivity contribution < 1.29 is 0 Å². The Morgan fingerprint density at radius 1 is 1.22 bits per heavy atom. The molecular weight excluding hydrogens is 296 g/mol. The van der Waals surface area contributed by atoms with E-state index in [1.54, 1.807) is 13.2 Å². The Balaban J connectivity index is 1.94.